The molecule has 0 radical (unpaired) electrons. The number of hydrogen-bond donors (Lipinski definition) is 2. The topological polar surface area (TPSA) is 155 Å². The summed E-state index contributed by atoms with van der Waals surface area (Å²) in [6, 6.07) is 7.46. The van der Waals surface area contributed by atoms with E-state index >= 15 is 4.39 Å². The Bertz CT molecular complexity index is 2310. The smallest absolute Gasteiger partial charge is 0.416 e. The van der Waals surface area contributed by atoms with E-state index < -0.39 is 41.3 Å². The number of aromatic nitrogens is 6. The average molecular weight is 751 g/mol. The van der Waals surface area contributed by atoms with Crippen LogP contribution in [-0.2, 0) is 30.5 Å². The van der Waals surface area contributed by atoms with E-state index in [0.717, 1.165) is 16.9 Å². The van der Waals surface area contributed by atoms with Gasteiger partial charge in [0.25, 0.3) is 5.91 Å². The fraction of sp³-hybridized carbons (Fsp3) is 0.361. The molecule has 2 amide bonds. The summed E-state index contributed by atoms with van der Waals surface area (Å²) in [6.45, 7) is 5.49. The lowest BCUT2D eigenvalue weighted by Gasteiger charge is -2.36. The van der Waals surface area contributed by atoms with E-state index in [1.807, 2.05) is 19.0 Å². The second-order valence-corrected chi connectivity index (χ2v) is 13.3. The first kappa shape index (κ1) is 37.8. The van der Waals surface area contributed by atoms with Gasteiger partial charge >= 0.3 is 6.18 Å². The summed E-state index contributed by atoms with van der Waals surface area (Å²) in [5.74, 6) is -1.92. The van der Waals surface area contributed by atoms with Gasteiger partial charge in [-0.05, 0) is 64.2 Å². The first-order valence-electron chi connectivity index (χ1n) is 17.1. The van der Waals surface area contributed by atoms with Crippen molar-refractivity contribution in [1.29, 1.82) is 0 Å². The fourth-order valence-electron chi connectivity index (χ4n) is 6.45. The van der Waals surface area contributed by atoms with Gasteiger partial charge in [0.1, 0.15) is 24.4 Å². The van der Waals surface area contributed by atoms with Crippen molar-refractivity contribution < 1.29 is 32.3 Å². The minimum atomic E-state index is -4.56. The molecule has 14 nitrogen and oxygen atoms in total. The minimum Gasteiger partial charge on any atom is -0.504 e. The van der Waals surface area contributed by atoms with Crippen LogP contribution in [0.25, 0.3) is 16.9 Å². The van der Waals surface area contributed by atoms with E-state index in [0.29, 0.717) is 17.8 Å². The molecule has 54 heavy (non-hydrogen) atoms. The standard InChI is InChI=1S/C36H38F4N10O4/c1-6-27-31(47-11-13-48(14-12-47)35(54)30-32(52)21(3)41-19-42-30)33(53)29-34(45-50(44-29)24-9-7-22(17-46(4)5)25(37)16-24)49(27)18-28(51)43-26-10-8-23(15-20(26)2)36(38,39)40/h7-10,15-16,19,52H,6,11-14,17-18H2,1-5H3,(H,43,51). The molecule has 6 rings (SSSR count). The molecule has 0 spiro atoms. The number of nitrogens with zero attached hydrogens (tertiary/aromatic N) is 9. The molecule has 1 aliphatic heterocycles. The van der Waals surface area contributed by atoms with Gasteiger partial charge < -0.3 is 29.7 Å². The Kier molecular flexibility index (Phi) is 10.4. The monoisotopic (exact) mass is 750 g/mol. The maximum Gasteiger partial charge on any atom is 0.416 e. The van der Waals surface area contributed by atoms with Crippen LogP contribution in [0.3, 0.4) is 0 Å². The van der Waals surface area contributed by atoms with Crippen LogP contribution in [0.15, 0.2) is 47.5 Å². The first-order valence-corrected chi connectivity index (χ1v) is 17.1. The Morgan fingerprint density at radius 2 is 1.72 bits per heavy atom. The average Bonchev–Trinajstić information content (AvgIpc) is 3.58. The number of anilines is 2. The molecule has 2 aromatic carbocycles. The largest absolute Gasteiger partial charge is 0.504 e. The molecule has 5 aromatic rings. The third-order valence-corrected chi connectivity index (χ3v) is 9.19. The van der Waals surface area contributed by atoms with Crippen molar-refractivity contribution in [2.45, 2.75) is 46.5 Å². The number of hydrogen-bond acceptors (Lipinski definition) is 10. The number of rotatable bonds is 9. The van der Waals surface area contributed by atoms with Gasteiger partial charge in [-0.2, -0.15) is 13.2 Å². The van der Waals surface area contributed by atoms with Crippen LogP contribution in [0.4, 0.5) is 28.9 Å². The molecule has 3 aromatic heterocycles. The van der Waals surface area contributed by atoms with Crippen molar-refractivity contribution in [3.63, 3.8) is 0 Å². The highest BCUT2D eigenvalue weighted by molar-refractivity contribution is 5.95. The van der Waals surface area contributed by atoms with E-state index in [9.17, 15) is 32.7 Å². The zero-order valence-corrected chi connectivity index (χ0v) is 30.2. The number of carbonyl (C=O) groups excluding carboxylic acids is 2. The van der Waals surface area contributed by atoms with Crippen molar-refractivity contribution in [1.82, 2.24) is 39.3 Å². The second-order valence-electron chi connectivity index (χ2n) is 13.3. The molecule has 284 valence electrons. The molecule has 0 bridgehead atoms. The van der Waals surface area contributed by atoms with Crippen molar-refractivity contribution >= 4 is 34.4 Å². The van der Waals surface area contributed by atoms with Crippen LogP contribution < -0.4 is 15.6 Å². The molecule has 0 saturated carbocycles. The molecule has 1 aliphatic rings. The molecule has 18 heteroatoms. The fourth-order valence-corrected chi connectivity index (χ4v) is 6.45. The molecule has 0 atom stereocenters. The van der Waals surface area contributed by atoms with Crippen molar-refractivity contribution in [3.05, 3.63) is 92.5 Å². The lowest BCUT2D eigenvalue weighted by molar-refractivity contribution is -0.137. The van der Waals surface area contributed by atoms with Crippen LogP contribution in [0, 0.1) is 19.7 Å². The van der Waals surface area contributed by atoms with E-state index in [-0.39, 0.29) is 83.5 Å². The summed E-state index contributed by atoms with van der Waals surface area (Å²) >= 11 is 0. The van der Waals surface area contributed by atoms with Crippen LogP contribution in [0.1, 0.15) is 45.5 Å². The van der Waals surface area contributed by atoms with E-state index in [2.05, 4.69) is 25.5 Å². The number of piperazine rings is 1. The number of nitrogens with one attached hydrogen (secondary N) is 1. The van der Waals surface area contributed by atoms with Crippen molar-refractivity contribution in [3.8, 4) is 11.4 Å². The van der Waals surface area contributed by atoms with Crippen LogP contribution >= 0.6 is 0 Å². The third-order valence-electron chi connectivity index (χ3n) is 9.19. The molecule has 2 N–H and O–H groups in total. The molecule has 1 saturated heterocycles. The zero-order chi connectivity index (χ0) is 39.1. The Hall–Kier alpha value is -5.91. The van der Waals surface area contributed by atoms with Crippen LogP contribution in [-0.4, -0.2) is 96.5 Å². The van der Waals surface area contributed by atoms with E-state index in [1.165, 1.54) is 34.9 Å². The van der Waals surface area contributed by atoms with Gasteiger partial charge in [0.15, 0.2) is 22.6 Å². The predicted molar refractivity (Wildman–Crippen MR) is 191 cm³/mol. The van der Waals surface area contributed by atoms with Gasteiger partial charge in [0.2, 0.25) is 11.3 Å². The Labute approximate surface area is 306 Å². The summed E-state index contributed by atoms with van der Waals surface area (Å²) in [6.07, 6.45) is -3.11. The van der Waals surface area contributed by atoms with E-state index in [4.69, 9.17) is 0 Å². The SMILES string of the molecule is CCc1c(N2CCN(C(=O)c3ncnc(C)c3O)CC2)c(=O)c2nn(-c3ccc(CN(C)C)c(F)c3)nc2n1CC(=O)Nc1ccc(C(F)(F)F)cc1C. The highest BCUT2D eigenvalue weighted by Gasteiger charge is 2.32. The zero-order valence-electron chi connectivity index (χ0n) is 30.2. The highest BCUT2D eigenvalue weighted by atomic mass is 19.4. The number of benzene rings is 2. The van der Waals surface area contributed by atoms with Crippen molar-refractivity contribution in [2.24, 2.45) is 0 Å². The van der Waals surface area contributed by atoms with Gasteiger partial charge in [-0.15, -0.1) is 15.0 Å². The Balaban J connectivity index is 1.39. The van der Waals surface area contributed by atoms with Gasteiger partial charge in [0.05, 0.1) is 16.9 Å². The maximum atomic E-state index is 15.1. The molecular formula is C36H38F4N10O4. The number of aryl methyl sites for hydroxylation is 2. The number of carbonyl (C=O) groups is 2. The Morgan fingerprint density at radius 1 is 1.00 bits per heavy atom. The van der Waals surface area contributed by atoms with E-state index in [1.54, 1.807) is 30.9 Å². The minimum absolute atomic E-state index is 0.0427. The molecular weight excluding hydrogens is 712 g/mol. The number of aromatic hydroxyl groups is 1. The third kappa shape index (κ3) is 7.46. The predicted octanol–water partition coefficient (Wildman–Crippen LogP) is 4.08. The quantitative estimate of drug-likeness (QED) is 0.211. The summed E-state index contributed by atoms with van der Waals surface area (Å²) in [5, 5.41) is 22.1. The number of fused-ring (bicyclic) bond motifs is 1. The number of alkyl halides is 3. The number of pyridine rings is 1. The normalized spacial score (nSPS) is 13.6. The first-order chi connectivity index (χ1) is 25.6. The second kappa shape index (κ2) is 14.8. The highest BCUT2D eigenvalue weighted by Crippen LogP contribution is 2.32. The summed E-state index contributed by atoms with van der Waals surface area (Å²) in [7, 11) is 3.62. The molecule has 0 unspecified atom stereocenters. The van der Waals surface area contributed by atoms with Crippen LogP contribution in [0.5, 0.6) is 5.75 Å². The number of halogens is 4. The summed E-state index contributed by atoms with van der Waals surface area (Å²) in [5.41, 5.74) is 0.422. The summed E-state index contributed by atoms with van der Waals surface area (Å²) in [4.78, 5) is 55.3. The summed E-state index contributed by atoms with van der Waals surface area (Å²) < 4.78 is 56.6. The lowest BCUT2D eigenvalue weighted by atomic mass is 10.1. The lowest BCUT2D eigenvalue weighted by Crippen LogP contribution is -2.50. The maximum absolute atomic E-state index is 15.1. The van der Waals surface area contributed by atoms with Gasteiger partial charge in [-0.25, -0.2) is 14.4 Å². The molecule has 0 aliphatic carbocycles. The van der Waals surface area contributed by atoms with Crippen molar-refractivity contribution in [2.75, 3.05) is 50.5 Å². The van der Waals surface area contributed by atoms with Gasteiger partial charge in [0, 0.05) is 55.7 Å². The molecule has 4 heterocycles. The van der Waals surface area contributed by atoms with Crippen LogP contribution in [0.2, 0.25) is 0 Å². The number of amides is 2. The van der Waals surface area contributed by atoms with Gasteiger partial charge in [-0.1, -0.05) is 13.0 Å². The molecule has 1 fully saturated rings. The Morgan fingerprint density at radius 3 is 2.35 bits per heavy atom. The van der Waals surface area contributed by atoms with Gasteiger partial charge in [-0.3, -0.25) is 14.4 Å².